The van der Waals surface area contributed by atoms with E-state index in [1.54, 1.807) is 0 Å². The third-order valence-corrected chi connectivity index (χ3v) is 6.39. The van der Waals surface area contributed by atoms with Crippen molar-refractivity contribution in [2.75, 3.05) is 19.7 Å². The van der Waals surface area contributed by atoms with Crippen molar-refractivity contribution in [3.8, 4) is 5.75 Å². The van der Waals surface area contributed by atoms with Crippen LogP contribution in [0.2, 0.25) is 0 Å². The van der Waals surface area contributed by atoms with E-state index < -0.39 is 0 Å². The monoisotopic (exact) mass is 476 g/mol. The fourth-order valence-electron chi connectivity index (χ4n) is 3.58. The highest BCUT2D eigenvalue weighted by Gasteiger charge is 2.33. The van der Waals surface area contributed by atoms with Crippen molar-refractivity contribution in [2.24, 2.45) is 5.73 Å². The van der Waals surface area contributed by atoms with Crippen molar-refractivity contribution < 1.29 is 19.1 Å². The predicted molar refractivity (Wildman–Crippen MR) is 136 cm³/mol. The molecule has 0 atom stereocenters. The molecule has 6 nitrogen and oxygen atoms in total. The van der Waals surface area contributed by atoms with E-state index in [-0.39, 0.29) is 17.7 Å². The molecule has 0 bridgehead atoms. The Labute approximate surface area is 203 Å². The number of thioether (sulfide) groups is 1. The summed E-state index contributed by atoms with van der Waals surface area (Å²) >= 11 is 1.00. The molecule has 0 unspecified atom stereocenters. The maximum absolute atomic E-state index is 12.2. The van der Waals surface area contributed by atoms with Gasteiger partial charge in [-0.25, -0.2) is 0 Å². The topological polar surface area (TPSA) is 89.7 Å². The molecule has 33 heavy (non-hydrogen) atoms. The molecular formula is C26H40N2O4S. The van der Waals surface area contributed by atoms with Crippen LogP contribution in [0.5, 0.6) is 5.75 Å². The zero-order chi connectivity index (χ0) is 24.3. The Bertz CT molecular complexity index is 722. The fraction of sp³-hybridized carbons (Fsp3) is 0.577. The number of amides is 2. The average molecular weight is 477 g/mol. The minimum atomic E-state index is -0.227. The molecule has 2 rings (SSSR count). The Morgan fingerprint density at radius 2 is 1.58 bits per heavy atom. The number of nitrogens with zero attached hydrogens (tertiary/aromatic N) is 1. The van der Waals surface area contributed by atoms with Crippen LogP contribution in [-0.4, -0.2) is 42.5 Å². The molecule has 1 aliphatic heterocycles. The van der Waals surface area contributed by atoms with Crippen LogP contribution >= 0.6 is 11.8 Å². The largest absolute Gasteiger partial charge is 0.494 e. The minimum absolute atomic E-state index is 0.222. The summed E-state index contributed by atoms with van der Waals surface area (Å²) in [5.74, 6) is 0.687. The highest BCUT2D eigenvalue weighted by atomic mass is 32.2. The number of carbonyl (C=O) groups excluding carboxylic acids is 3. The van der Waals surface area contributed by atoms with Crippen LogP contribution in [0.15, 0.2) is 35.2 Å². The number of benzene rings is 1. The Kier molecular flexibility index (Phi) is 16.1. The van der Waals surface area contributed by atoms with E-state index in [1.165, 1.54) is 61.8 Å². The molecule has 2 amide bonds. The molecule has 0 aliphatic carbocycles. The van der Waals surface area contributed by atoms with Crippen molar-refractivity contribution in [1.82, 2.24) is 4.90 Å². The molecule has 1 aromatic carbocycles. The van der Waals surface area contributed by atoms with Crippen LogP contribution in [0.4, 0.5) is 4.79 Å². The van der Waals surface area contributed by atoms with Crippen molar-refractivity contribution in [3.05, 3.63) is 40.8 Å². The summed E-state index contributed by atoms with van der Waals surface area (Å²) in [6.45, 7) is 5.60. The number of hydrogen-bond donors (Lipinski definition) is 1. The maximum Gasteiger partial charge on any atom is 0.293 e. The average Bonchev–Trinajstić information content (AvgIpc) is 3.10. The molecule has 0 spiro atoms. The summed E-state index contributed by atoms with van der Waals surface area (Å²) in [4.78, 5) is 33.7. The first-order chi connectivity index (χ1) is 16.2. The minimum Gasteiger partial charge on any atom is -0.494 e. The molecule has 0 aromatic heterocycles. The van der Waals surface area contributed by atoms with E-state index in [0.717, 1.165) is 43.4 Å². The molecule has 2 N–H and O–H groups in total. The zero-order valence-electron chi connectivity index (χ0n) is 20.1. The van der Waals surface area contributed by atoms with Gasteiger partial charge in [0.15, 0.2) is 0 Å². The second kappa shape index (κ2) is 18.3. The van der Waals surface area contributed by atoms with Gasteiger partial charge in [-0.2, -0.15) is 0 Å². The van der Waals surface area contributed by atoms with Gasteiger partial charge in [0, 0.05) is 13.1 Å². The van der Waals surface area contributed by atoms with Gasteiger partial charge in [0.05, 0.1) is 11.5 Å². The molecule has 7 heteroatoms. The lowest BCUT2D eigenvalue weighted by molar-refractivity contribution is -0.122. The maximum atomic E-state index is 12.2. The first-order valence-corrected chi connectivity index (χ1v) is 12.9. The number of unbranched alkanes of at least 4 members (excludes halogenated alkanes) is 8. The first kappa shape index (κ1) is 28.9. The van der Waals surface area contributed by atoms with Crippen LogP contribution in [0, 0.1) is 0 Å². The number of hydrogen-bond acceptors (Lipinski definition) is 6. The smallest absolute Gasteiger partial charge is 0.293 e. The van der Waals surface area contributed by atoms with Crippen molar-refractivity contribution in [2.45, 2.75) is 77.6 Å². The predicted octanol–water partition coefficient (Wildman–Crippen LogP) is 5.88. The Morgan fingerprint density at radius 3 is 2.18 bits per heavy atom. The van der Waals surface area contributed by atoms with E-state index in [4.69, 9.17) is 15.3 Å². The van der Waals surface area contributed by atoms with Gasteiger partial charge in [0.2, 0.25) is 0 Å². The molecular weight excluding hydrogens is 436 g/mol. The van der Waals surface area contributed by atoms with Crippen LogP contribution in [0.25, 0.3) is 0 Å². The Morgan fingerprint density at radius 1 is 0.970 bits per heavy atom. The number of ether oxygens (including phenoxy) is 1. The number of allylic oxidation sites excluding steroid dienone is 1. The van der Waals surface area contributed by atoms with E-state index in [1.807, 2.05) is 25.0 Å². The normalized spacial score (nSPS) is 14.5. The third-order valence-electron chi connectivity index (χ3n) is 5.43. The highest BCUT2D eigenvalue weighted by molar-refractivity contribution is 8.18. The molecule has 1 aliphatic rings. The van der Waals surface area contributed by atoms with Crippen LogP contribution in [0.3, 0.4) is 0 Å². The van der Waals surface area contributed by atoms with Gasteiger partial charge < -0.3 is 15.3 Å². The number of imide groups is 1. The fourth-order valence-corrected chi connectivity index (χ4v) is 4.46. The quantitative estimate of drug-likeness (QED) is 0.237. The lowest BCUT2D eigenvalue weighted by Crippen LogP contribution is -2.33. The summed E-state index contributed by atoms with van der Waals surface area (Å²) in [7, 11) is 0. The zero-order valence-corrected chi connectivity index (χ0v) is 20.9. The van der Waals surface area contributed by atoms with Crippen LogP contribution in [0.1, 0.15) is 76.7 Å². The molecule has 1 saturated heterocycles. The molecule has 0 saturated carbocycles. The van der Waals surface area contributed by atoms with Gasteiger partial charge >= 0.3 is 0 Å². The van der Waals surface area contributed by atoms with Crippen molar-refractivity contribution in [3.63, 3.8) is 0 Å². The van der Waals surface area contributed by atoms with Crippen molar-refractivity contribution >= 4 is 29.7 Å². The number of rotatable bonds is 16. The van der Waals surface area contributed by atoms with Gasteiger partial charge in [0.25, 0.3) is 11.1 Å². The lowest BCUT2D eigenvalue weighted by atomic mass is 10.1. The standard InChI is InChI=1S/C25H38N2O3S.CH2O/c1-2-3-4-5-6-7-8-9-10-20-30-22-16-14-21(15-17-22)12-11-13-23-24(28)27(19-18-26)25(29)31-23;1-2/h13-17H,2-12,18-20,26H2,1H3;1H2/b23-13-;. The molecule has 184 valence electrons. The SMILES string of the molecule is C=O.CCCCCCCCCCCOc1ccc(CC/C=C2\SC(=O)N(CCN)C2=O)cc1. The number of nitrogens with two attached hydrogens (primary N) is 1. The third kappa shape index (κ3) is 11.5. The van der Waals surface area contributed by atoms with Gasteiger partial charge in [-0.05, 0) is 48.7 Å². The van der Waals surface area contributed by atoms with Crippen LogP contribution in [-0.2, 0) is 16.0 Å². The summed E-state index contributed by atoms with van der Waals surface area (Å²) < 4.78 is 5.85. The number of aryl methyl sites for hydroxylation is 1. The number of carbonyl (C=O) groups is 3. The lowest BCUT2D eigenvalue weighted by Gasteiger charge is -2.09. The van der Waals surface area contributed by atoms with Gasteiger partial charge in [0.1, 0.15) is 12.5 Å². The molecule has 1 aromatic rings. The Balaban J connectivity index is 0.00000265. The van der Waals surface area contributed by atoms with E-state index >= 15 is 0 Å². The summed E-state index contributed by atoms with van der Waals surface area (Å²) in [6.07, 6.45) is 15.2. The van der Waals surface area contributed by atoms with E-state index in [0.29, 0.717) is 11.4 Å². The van der Waals surface area contributed by atoms with E-state index in [9.17, 15) is 9.59 Å². The van der Waals surface area contributed by atoms with Gasteiger partial charge in [-0.15, -0.1) is 0 Å². The van der Waals surface area contributed by atoms with E-state index in [2.05, 4.69) is 19.1 Å². The Hall–Kier alpha value is -2.12. The molecule has 1 heterocycles. The molecule has 0 radical (unpaired) electrons. The summed E-state index contributed by atoms with van der Waals surface area (Å²) in [5, 5.41) is -0.227. The highest BCUT2D eigenvalue weighted by Crippen LogP contribution is 2.30. The second-order valence-electron chi connectivity index (χ2n) is 8.04. The first-order valence-electron chi connectivity index (χ1n) is 12.1. The molecule has 1 fully saturated rings. The van der Waals surface area contributed by atoms with Crippen LogP contribution < -0.4 is 10.5 Å². The van der Waals surface area contributed by atoms with Gasteiger partial charge in [-0.1, -0.05) is 76.5 Å². The second-order valence-corrected chi connectivity index (χ2v) is 9.03. The van der Waals surface area contributed by atoms with Crippen molar-refractivity contribution in [1.29, 1.82) is 0 Å². The van der Waals surface area contributed by atoms with Gasteiger partial charge in [-0.3, -0.25) is 14.5 Å². The summed E-state index contributed by atoms with van der Waals surface area (Å²) in [5.41, 5.74) is 6.65. The summed E-state index contributed by atoms with van der Waals surface area (Å²) in [6, 6.07) is 8.16.